The summed E-state index contributed by atoms with van der Waals surface area (Å²) in [6.45, 7) is 0. The van der Waals surface area contributed by atoms with Crippen LogP contribution in [-0.2, 0) is 0 Å². The summed E-state index contributed by atoms with van der Waals surface area (Å²) < 4.78 is 12.8. The molecule has 1 nitrogen and oxygen atoms in total. The third-order valence-electron chi connectivity index (χ3n) is 1.01. The van der Waals surface area contributed by atoms with Gasteiger partial charge in [0.15, 0.2) is 0 Å². The van der Waals surface area contributed by atoms with Gasteiger partial charge in [-0.05, 0) is 0 Å². The first kappa shape index (κ1) is 7.90. The Hall–Kier alpha value is -0.202. The molecule has 0 saturated heterocycles. The van der Waals surface area contributed by atoms with E-state index >= 15 is 0 Å². The second kappa shape index (κ2) is 2.81. The first-order valence-electron chi connectivity index (χ1n) is 2.48. The first-order valence-corrected chi connectivity index (χ1v) is 3.80. The van der Waals surface area contributed by atoms with E-state index in [4.69, 9.17) is 16.7 Å². The number of phenols is 1. The van der Waals surface area contributed by atoms with Crippen molar-refractivity contribution in [3.8, 4) is 5.75 Å². The van der Waals surface area contributed by atoms with Crippen molar-refractivity contribution in [1.29, 1.82) is 0 Å². The molecule has 0 aliphatic rings. The minimum atomic E-state index is -0.446. The third-order valence-corrected chi connectivity index (χ3v) is 2.01. The Morgan fingerprint density at radius 3 is 2.60 bits per heavy atom. The van der Waals surface area contributed by atoms with Gasteiger partial charge in [0.25, 0.3) is 0 Å². The third kappa shape index (κ3) is 1.44. The number of phenolic OH excluding ortho intramolecular Hbond substituents is 1. The molecule has 0 heterocycles. The van der Waals surface area contributed by atoms with Crippen LogP contribution >= 0.6 is 11.6 Å². The van der Waals surface area contributed by atoms with Crippen LogP contribution in [0.5, 0.6) is 5.75 Å². The molecule has 0 atom stereocenters. The molecule has 52 valence electrons. The number of halogens is 2. The van der Waals surface area contributed by atoms with Crippen LogP contribution < -0.4 is 4.35 Å². The van der Waals surface area contributed by atoms with Crippen LogP contribution in [-0.4, -0.2) is 22.0 Å². The fourth-order valence-corrected chi connectivity index (χ4v) is 1.41. The van der Waals surface area contributed by atoms with E-state index < -0.39 is 5.82 Å². The predicted octanol–water partition coefficient (Wildman–Crippen LogP) is 0.978. The summed E-state index contributed by atoms with van der Waals surface area (Å²) in [6.07, 6.45) is 0. The van der Waals surface area contributed by atoms with Crippen molar-refractivity contribution in [1.82, 2.24) is 0 Å². The summed E-state index contributed by atoms with van der Waals surface area (Å²) in [5.41, 5.74) is 0. The maximum absolute atomic E-state index is 12.4. The van der Waals surface area contributed by atoms with Gasteiger partial charge in [-0.25, -0.2) is 0 Å². The standard InChI is InChI=1S/C6H3AsClFO/c7-4-1-3(9)2-5(8)6(4)10/h1-2,10H. The van der Waals surface area contributed by atoms with Crippen molar-refractivity contribution in [3.63, 3.8) is 0 Å². The van der Waals surface area contributed by atoms with Gasteiger partial charge in [0.05, 0.1) is 0 Å². The molecule has 1 N–H and O–H groups in total. The summed E-state index contributed by atoms with van der Waals surface area (Å²) in [5.74, 6) is -0.526. The van der Waals surface area contributed by atoms with E-state index in [0.29, 0.717) is 4.35 Å². The van der Waals surface area contributed by atoms with Gasteiger partial charge >= 0.3 is 71.0 Å². The molecule has 0 fully saturated rings. The Labute approximate surface area is 71.3 Å². The second-order valence-electron chi connectivity index (χ2n) is 1.76. The van der Waals surface area contributed by atoms with Crippen LogP contribution in [0.25, 0.3) is 0 Å². The Balaban J connectivity index is 3.31. The molecule has 0 amide bonds. The molecule has 1 aromatic carbocycles. The van der Waals surface area contributed by atoms with E-state index in [1.807, 2.05) is 16.9 Å². The molecule has 4 heteroatoms. The summed E-state index contributed by atoms with van der Waals surface area (Å²) >= 11 is 7.45. The fraction of sp³-hybridized carbons (Fsp3) is 0. The molecule has 0 aromatic heterocycles. The monoisotopic (exact) mass is 220 g/mol. The fourth-order valence-electron chi connectivity index (χ4n) is 0.552. The van der Waals surface area contributed by atoms with Crippen LogP contribution in [0.3, 0.4) is 0 Å². The normalized spacial score (nSPS) is 9.90. The molecule has 0 bridgehead atoms. The van der Waals surface area contributed by atoms with Gasteiger partial charge in [0, 0.05) is 0 Å². The predicted molar refractivity (Wildman–Crippen MR) is 38.5 cm³/mol. The average molecular weight is 220 g/mol. The van der Waals surface area contributed by atoms with Crippen molar-refractivity contribution in [2.45, 2.75) is 0 Å². The van der Waals surface area contributed by atoms with Gasteiger partial charge in [0.1, 0.15) is 0 Å². The van der Waals surface area contributed by atoms with Crippen molar-refractivity contribution in [3.05, 3.63) is 23.0 Å². The number of aromatic hydroxyl groups is 1. The molecular weight excluding hydrogens is 217 g/mol. The molecule has 1 rings (SSSR count). The number of hydrogen-bond donors (Lipinski definition) is 1. The van der Waals surface area contributed by atoms with Crippen LogP contribution in [0, 0.1) is 5.82 Å². The Kier molecular flexibility index (Phi) is 2.22. The Morgan fingerprint density at radius 2 is 2.10 bits per heavy atom. The van der Waals surface area contributed by atoms with E-state index in [1.165, 1.54) is 6.07 Å². The van der Waals surface area contributed by atoms with Gasteiger partial charge in [-0.15, -0.1) is 0 Å². The van der Waals surface area contributed by atoms with E-state index in [-0.39, 0.29) is 10.8 Å². The van der Waals surface area contributed by atoms with Gasteiger partial charge in [0.2, 0.25) is 0 Å². The van der Waals surface area contributed by atoms with Crippen LogP contribution in [0.4, 0.5) is 4.39 Å². The molecule has 0 saturated carbocycles. The summed E-state index contributed by atoms with van der Waals surface area (Å²) in [5, 5.41) is 9.05. The van der Waals surface area contributed by atoms with E-state index in [2.05, 4.69) is 0 Å². The molecule has 0 aliphatic heterocycles. The van der Waals surface area contributed by atoms with Gasteiger partial charge in [-0.1, -0.05) is 0 Å². The molecule has 0 spiro atoms. The topological polar surface area (TPSA) is 20.2 Å². The van der Waals surface area contributed by atoms with Crippen molar-refractivity contribution in [2.24, 2.45) is 0 Å². The SMILES string of the molecule is Oc1c(Cl)cc(F)cc1[As]. The maximum atomic E-state index is 12.4. The quantitative estimate of drug-likeness (QED) is 0.646. The summed E-state index contributed by atoms with van der Waals surface area (Å²) in [4.78, 5) is 0. The number of hydrogen-bond acceptors (Lipinski definition) is 1. The van der Waals surface area contributed by atoms with E-state index in [9.17, 15) is 4.39 Å². The molecule has 2 radical (unpaired) electrons. The van der Waals surface area contributed by atoms with Gasteiger partial charge in [-0.3, -0.25) is 0 Å². The van der Waals surface area contributed by atoms with E-state index in [0.717, 1.165) is 6.07 Å². The summed E-state index contributed by atoms with van der Waals surface area (Å²) in [6, 6.07) is 2.26. The number of benzene rings is 1. The molecule has 1 aromatic rings. The van der Waals surface area contributed by atoms with Crippen LogP contribution in [0.2, 0.25) is 5.02 Å². The zero-order valence-corrected chi connectivity index (χ0v) is 7.44. The average Bonchev–Trinajstić information content (AvgIpc) is 1.82. The number of rotatable bonds is 0. The van der Waals surface area contributed by atoms with Crippen molar-refractivity contribution in [2.75, 3.05) is 0 Å². The van der Waals surface area contributed by atoms with Crippen LogP contribution in [0.15, 0.2) is 12.1 Å². The Morgan fingerprint density at radius 1 is 1.50 bits per heavy atom. The molecule has 10 heavy (non-hydrogen) atoms. The summed E-state index contributed by atoms with van der Waals surface area (Å²) in [7, 11) is 0. The van der Waals surface area contributed by atoms with Crippen molar-refractivity contribution >= 4 is 32.8 Å². The van der Waals surface area contributed by atoms with Crippen LogP contribution in [0.1, 0.15) is 0 Å². The zero-order valence-electron chi connectivity index (χ0n) is 4.81. The molecule has 0 unspecified atom stereocenters. The minimum absolute atomic E-state index is 0.0376. The van der Waals surface area contributed by atoms with Gasteiger partial charge < -0.3 is 0 Å². The van der Waals surface area contributed by atoms with Crippen molar-refractivity contribution < 1.29 is 9.50 Å². The van der Waals surface area contributed by atoms with E-state index in [1.54, 1.807) is 0 Å². The molecular formula is C6H3AsClFO. The zero-order chi connectivity index (χ0) is 7.72. The Bertz CT molecular complexity index is 241. The molecule has 0 aliphatic carbocycles. The second-order valence-corrected chi connectivity index (χ2v) is 3.17. The van der Waals surface area contributed by atoms with Gasteiger partial charge in [-0.2, -0.15) is 0 Å². The first-order chi connectivity index (χ1) is 4.61.